The number of pyridine rings is 1. The van der Waals surface area contributed by atoms with Gasteiger partial charge in [0.05, 0.1) is 11.5 Å². The summed E-state index contributed by atoms with van der Waals surface area (Å²) in [6.45, 7) is 0.292. The van der Waals surface area contributed by atoms with E-state index in [1.54, 1.807) is 12.1 Å². The van der Waals surface area contributed by atoms with Crippen LogP contribution in [-0.4, -0.2) is 32.2 Å². The number of carbonyl (C=O) groups is 1. The lowest BCUT2D eigenvalue weighted by molar-refractivity contribution is -0.116. The van der Waals surface area contributed by atoms with Gasteiger partial charge in [0.2, 0.25) is 5.91 Å². The van der Waals surface area contributed by atoms with E-state index in [1.807, 2.05) is 0 Å². The summed E-state index contributed by atoms with van der Waals surface area (Å²) in [7, 11) is -3.23. The normalized spacial score (nSPS) is 11.1. The summed E-state index contributed by atoms with van der Waals surface area (Å²) in [6, 6.07) is 7.60. The van der Waals surface area contributed by atoms with Crippen molar-refractivity contribution in [1.29, 1.82) is 0 Å². The molecule has 134 valence electrons. The number of nitrogens with one attached hydrogen (secondary N) is 2. The number of amides is 1. The number of carbonyl (C=O) groups excluding carboxylic acids is 1. The van der Waals surface area contributed by atoms with Crippen LogP contribution in [0.15, 0.2) is 50.7 Å². The first kappa shape index (κ1) is 19.2. The third-order valence-corrected chi connectivity index (χ3v) is 4.80. The van der Waals surface area contributed by atoms with Gasteiger partial charge in [0.15, 0.2) is 9.84 Å². The SMILES string of the molecule is CS(=O)(=O)c1ccc(OCCCC(=O)Nc2cc(Br)c[nH]c2=O)cc1. The van der Waals surface area contributed by atoms with Crippen LogP contribution < -0.4 is 15.6 Å². The maximum Gasteiger partial charge on any atom is 0.271 e. The number of benzene rings is 1. The summed E-state index contributed by atoms with van der Waals surface area (Å²) in [5.41, 5.74) is -0.199. The number of aromatic amines is 1. The zero-order chi connectivity index (χ0) is 18.4. The highest BCUT2D eigenvalue weighted by Crippen LogP contribution is 2.16. The number of sulfone groups is 1. The van der Waals surface area contributed by atoms with Gasteiger partial charge >= 0.3 is 0 Å². The Morgan fingerprint density at radius 3 is 2.60 bits per heavy atom. The molecule has 0 spiro atoms. The number of hydrogen-bond donors (Lipinski definition) is 2. The number of aromatic nitrogens is 1. The fraction of sp³-hybridized carbons (Fsp3) is 0.250. The predicted molar refractivity (Wildman–Crippen MR) is 97.7 cm³/mol. The minimum absolute atomic E-state index is 0.177. The maximum absolute atomic E-state index is 11.8. The van der Waals surface area contributed by atoms with E-state index in [0.717, 1.165) is 6.26 Å². The maximum atomic E-state index is 11.8. The summed E-state index contributed by atoms with van der Waals surface area (Å²) in [6.07, 6.45) is 3.26. The lowest BCUT2D eigenvalue weighted by Crippen LogP contribution is -2.19. The van der Waals surface area contributed by atoms with E-state index in [4.69, 9.17) is 4.74 Å². The molecule has 0 radical (unpaired) electrons. The molecule has 9 heteroatoms. The zero-order valence-electron chi connectivity index (χ0n) is 13.4. The van der Waals surface area contributed by atoms with Gasteiger partial charge in [0.25, 0.3) is 5.56 Å². The van der Waals surface area contributed by atoms with Crippen LogP contribution in [0.25, 0.3) is 0 Å². The molecule has 7 nitrogen and oxygen atoms in total. The number of halogens is 1. The Labute approximate surface area is 153 Å². The first-order chi connectivity index (χ1) is 11.8. The summed E-state index contributed by atoms with van der Waals surface area (Å²) in [5, 5.41) is 2.54. The molecule has 1 amide bonds. The fourth-order valence-electron chi connectivity index (χ4n) is 1.97. The van der Waals surface area contributed by atoms with E-state index < -0.39 is 9.84 Å². The second-order valence-electron chi connectivity index (χ2n) is 5.30. The van der Waals surface area contributed by atoms with Gasteiger partial charge in [-0.3, -0.25) is 9.59 Å². The highest BCUT2D eigenvalue weighted by Gasteiger charge is 2.08. The van der Waals surface area contributed by atoms with E-state index in [0.29, 0.717) is 23.2 Å². The molecule has 2 rings (SSSR count). The van der Waals surface area contributed by atoms with Crippen LogP contribution in [-0.2, 0) is 14.6 Å². The number of H-pyrrole nitrogens is 1. The average molecular weight is 429 g/mol. The molecule has 0 fully saturated rings. The van der Waals surface area contributed by atoms with E-state index in [2.05, 4.69) is 26.2 Å². The van der Waals surface area contributed by atoms with Crippen molar-refractivity contribution in [2.24, 2.45) is 0 Å². The van der Waals surface area contributed by atoms with Crippen molar-refractivity contribution in [2.75, 3.05) is 18.2 Å². The van der Waals surface area contributed by atoms with Crippen LogP contribution in [0.1, 0.15) is 12.8 Å². The Hall–Kier alpha value is -2.13. The van der Waals surface area contributed by atoms with Crippen molar-refractivity contribution in [1.82, 2.24) is 4.98 Å². The highest BCUT2D eigenvalue weighted by atomic mass is 79.9. The van der Waals surface area contributed by atoms with Crippen molar-refractivity contribution in [3.8, 4) is 5.75 Å². The number of rotatable bonds is 7. The van der Waals surface area contributed by atoms with E-state index in [-0.39, 0.29) is 28.5 Å². The molecule has 0 atom stereocenters. The molecule has 2 aromatic rings. The molecule has 0 aliphatic heterocycles. The first-order valence-electron chi connectivity index (χ1n) is 7.37. The van der Waals surface area contributed by atoms with Gasteiger partial charge in [0.1, 0.15) is 11.4 Å². The van der Waals surface area contributed by atoms with Gasteiger partial charge in [0, 0.05) is 23.3 Å². The topological polar surface area (TPSA) is 105 Å². The van der Waals surface area contributed by atoms with Crippen molar-refractivity contribution in [3.05, 3.63) is 51.4 Å². The minimum atomic E-state index is -3.23. The monoisotopic (exact) mass is 428 g/mol. The Balaban J connectivity index is 1.78. The Kier molecular flexibility index (Phi) is 6.38. The molecule has 0 unspecified atom stereocenters. The summed E-state index contributed by atoms with van der Waals surface area (Å²) in [5.74, 6) is 0.232. The molecule has 1 heterocycles. The summed E-state index contributed by atoms with van der Waals surface area (Å²) >= 11 is 3.21. The largest absolute Gasteiger partial charge is 0.494 e. The molecule has 0 saturated carbocycles. The number of hydrogen-bond acceptors (Lipinski definition) is 5. The quantitative estimate of drug-likeness (QED) is 0.658. The van der Waals surface area contributed by atoms with Crippen LogP contribution in [0, 0.1) is 0 Å². The fourth-order valence-corrected chi connectivity index (χ4v) is 2.94. The molecule has 0 saturated heterocycles. The molecule has 0 aliphatic carbocycles. The van der Waals surface area contributed by atoms with Crippen molar-refractivity contribution < 1.29 is 17.9 Å². The van der Waals surface area contributed by atoms with E-state index in [1.165, 1.54) is 24.4 Å². The van der Waals surface area contributed by atoms with Crippen LogP contribution in [0.2, 0.25) is 0 Å². The molecule has 2 N–H and O–H groups in total. The number of ether oxygens (including phenoxy) is 1. The lowest BCUT2D eigenvalue weighted by atomic mass is 10.3. The van der Waals surface area contributed by atoms with Crippen LogP contribution in [0.4, 0.5) is 5.69 Å². The van der Waals surface area contributed by atoms with Crippen LogP contribution in [0.5, 0.6) is 5.75 Å². The predicted octanol–water partition coefficient (Wildman–Crippen LogP) is 2.34. The second-order valence-corrected chi connectivity index (χ2v) is 8.24. The van der Waals surface area contributed by atoms with Gasteiger partial charge in [-0.25, -0.2) is 8.42 Å². The van der Waals surface area contributed by atoms with Gasteiger partial charge in [-0.15, -0.1) is 0 Å². The average Bonchev–Trinajstić information content (AvgIpc) is 2.55. The second kappa shape index (κ2) is 8.30. The molecule has 25 heavy (non-hydrogen) atoms. The number of anilines is 1. The summed E-state index contributed by atoms with van der Waals surface area (Å²) in [4.78, 5) is 26.1. The van der Waals surface area contributed by atoms with Gasteiger partial charge in [-0.2, -0.15) is 0 Å². The van der Waals surface area contributed by atoms with Crippen molar-refractivity contribution >= 4 is 37.4 Å². The molecule has 0 aliphatic rings. The van der Waals surface area contributed by atoms with Crippen LogP contribution in [0.3, 0.4) is 0 Å². The van der Waals surface area contributed by atoms with Gasteiger partial charge in [-0.05, 0) is 52.7 Å². The Bertz CT molecular complexity index is 907. The van der Waals surface area contributed by atoms with Crippen molar-refractivity contribution in [3.63, 3.8) is 0 Å². The van der Waals surface area contributed by atoms with Gasteiger partial charge < -0.3 is 15.0 Å². The van der Waals surface area contributed by atoms with Crippen LogP contribution >= 0.6 is 15.9 Å². The smallest absolute Gasteiger partial charge is 0.271 e. The molecule has 1 aromatic heterocycles. The third kappa shape index (κ3) is 6.02. The van der Waals surface area contributed by atoms with Crippen molar-refractivity contribution in [2.45, 2.75) is 17.7 Å². The highest BCUT2D eigenvalue weighted by molar-refractivity contribution is 9.10. The zero-order valence-corrected chi connectivity index (χ0v) is 15.8. The van der Waals surface area contributed by atoms with E-state index >= 15 is 0 Å². The third-order valence-electron chi connectivity index (χ3n) is 3.21. The lowest BCUT2D eigenvalue weighted by Gasteiger charge is -2.07. The molecular weight excluding hydrogens is 412 g/mol. The summed E-state index contributed by atoms with van der Waals surface area (Å²) < 4.78 is 28.8. The standard InChI is InChI=1S/C16H17BrN2O5S/c1-25(22,23)13-6-4-12(5-7-13)24-8-2-3-15(20)19-14-9-11(17)10-18-16(14)21/h4-7,9-10H,2-3,8H2,1H3,(H,18,21)(H,19,20). The van der Waals surface area contributed by atoms with Gasteiger partial charge in [-0.1, -0.05) is 0 Å². The Morgan fingerprint density at radius 2 is 1.96 bits per heavy atom. The minimum Gasteiger partial charge on any atom is -0.494 e. The Morgan fingerprint density at radius 1 is 1.28 bits per heavy atom. The molecular formula is C16H17BrN2O5S. The molecule has 1 aromatic carbocycles. The molecule has 0 bridgehead atoms. The van der Waals surface area contributed by atoms with E-state index in [9.17, 15) is 18.0 Å². The first-order valence-corrected chi connectivity index (χ1v) is 10.0.